The summed E-state index contributed by atoms with van der Waals surface area (Å²) in [6.45, 7) is 6.54. The van der Waals surface area contributed by atoms with Crippen molar-refractivity contribution in [1.82, 2.24) is 5.32 Å². The number of piperidine rings is 1. The molecular formula is C16H22N2O. The second-order valence-electron chi connectivity index (χ2n) is 6.88. The highest BCUT2D eigenvalue weighted by Gasteiger charge is 2.47. The van der Waals surface area contributed by atoms with Crippen molar-refractivity contribution >= 4 is 11.6 Å². The molecule has 2 N–H and O–H groups in total. The number of fused-ring (bicyclic) bond motifs is 1. The SMILES string of the molecule is CC(C)(C)c1cccc(NC(=O)[C@@H]2CC3C[C@H]3N2)c1. The number of hydrogen-bond donors (Lipinski definition) is 2. The standard InChI is InChI=1S/C16H22N2O/c1-16(2,3)11-5-4-6-12(9-11)17-15(19)14-8-10-7-13(10)18-14/h4-6,9-10,13-14,18H,7-8H2,1-3H3,(H,17,19)/t10?,13-,14+/m1/s1. The van der Waals surface area contributed by atoms with Gasteiger partial charge in [-0.05, 0) is 41.9 Å². The van der Waals surface area contributed by atoms with Gasteiger partial charge in [0.1, 0.15) is 0 Å². The molecule has 1 unspecified atom stereocenters. The molecule has 1 saturated carbocycles. The Bertz CT molecular complexity index is 494. The van der Waals surface area contributed by atoms with E-state index < -0.39 is 0 Å². The minimum atomic E-state index is 0.00189. The zero-order valence-electron chi connectivity index (χ0n) is 11.9. The molecule has 102 valence electrons. The predicted molar refractivity (Wildman–Crippen MR) is 77.2 cm³/mol. The molecule has 3 rings (SSSR count). The number of carbonyl (C=O) groups is 1. The number of nitrogens with one attached hydrogen (secondary N) is 2. The van der Waals surface area contributed by atoms with Gasteiger partial charge in [-0.25, -0.2) is 0 Å². The Balaban J connectivity index is 1.67. The van der Waals surface area contributed by atoms with E-state index >= 15 is 0 Å². The lowest BCUT2D eigenvalue weighted by atomic mass is 9.87. The van der Waals surface area contributed by atoms with Crippen LogP contribution in [0.5, 0.6) is 0 Å². The van der Waals surface area contributed by atoms with E-state index in [9.17, 15) is 4.79 Å². The van der Waals surface area contributed by atoms with Crippen LogP contribution in [0.25, 0.3) is 0 Å². The predicted octanol–water partition coefficient (Wildman–Crippen LogP) is 2.67. The number of hydrogen-bond acceptors (Lipinski definition) is 2. The zero-order valence-corrected chi connectivity index (χ0v) is 11.9. The molecule has 1 aliphatic heterocycles. The molecule has 1 aromatic rings. The first-order valence-corrected chi connectivity index (χ1v) is 7.11. The molecule has 0 radical (unpaired) electrons. The maximum absolute atomic E-state index is 12.2. The number of anilines is 1. The van der Waals surface area contributed by atoms with Gasteiger partial charge in [-0.15, -0.1) is 0 Å². The third kappa shape index (κ3) is 2.66. The van der Waals surface area contributed by atoms with Crippen LogP contribution in [-0.2, 0) is 10.2 Å². The van der Waals surface area contributed by atoms with Crippen molar-refractivity contribution in [1.29, 1.82) is 0 Å². The van der Waals surface area contributed by atoms with Crippen LogP contribution in [0.4, 0.5) is 5.69 Å². The smallest absolute Gasteiger partial charge is 0.241 e. The normalized spacial score (nSPS) is 28.9. The maximum atomic E-state index is 12.2. The van der Waals surface area contributed by atoms with E-state index in [4.69, 9.17) is 0 Å². The Hall–Kier alpha value is -1.35. The van der Waals surface area contributed by atoms with Crippen LogP contribution in [0.2, 0.25) is 0 Å². The molecule has 1 aliphatic carbocycles. The van der Waals surface area contributed by atoms with E-state index in [1.54, 1.807) is 0 Å². The summed E-state index contributed by atoms with van der Waals surface area (Å²) in [6, 6.07) is 8.77. The zero-order chi connectivity index (χ0) is 13.6. The van der Waals surface area contributed by atoms with Gasteiger partial charge >= 0.3 is 0 Å². The van der Waals surface area contributed by atoms with E-state index in [1.807, 2.05) is 12.1 Å². The minimum Gasteiger partial charge on any atom is -0.325 e. The van der Waals surface area contributed by atoms with Crippen molar-refractivity contribution in [2.75, 3.05) is 5.32 Å². The van der Waals surface area contributed by atoms with Gasteiger partial charge in [0, 0.05) is 11.7 Å². The average Bonchev–Trinajstić information content (AvgIpc) is 2.95. The fourth-order valence-corrected chi connectivity index (χ4v) is 2.82. The van der Waals surface area contributed by atoms with E-state index in [-0.39, 0.29) is 17.4 Å². The van der Waals surface area contributed by atoms with Crippen LogP contribution < -0.4 is 10.6 Å². The number of amides is 1. The summed E-state index contributed by atoms with van der Waals surface area (Å²) < 4.78 is 0. The van der Waals surface area contributed by atoms with Crippen LogP contribution in [0.1, 0.15) is 39.2 Å². The van der Waals surface area contributed by atoms with Crippen molar-refractivity contribution < 1.29 is 4.79 Å². The second-order valence-corrected chi connectivity index (χ2v) is 6.88. The lowest BCUT2D eigenvalue weighted by Crippen LogP contribution is -2.38. The van der Waals surface area contributed by atoms with Crippen LogP contribution in [0.3, 0.4) is 0 Å². The Morgan fingerprint density at radius 1 is 1.32 bits per heavy atom. The minimum absolute atomic E-state index is 0.00189. The quantitative estimate of drug-likeness (QED) is 0.856. The van der Waals surface area contributed by atoms with Crippen LogP contribution in [0, 0.1) is 5.92 Å². The summed E-state index contributed by atoms with van der Waals surface area (Å²) in [5, 5.41) is 6.42. The number of benzene rings is 1. The molecule has 0 bridgehead atoms. The molecule has 1 heterocycles. The summed E-state index contributed by atoms with van der Waals surface area (Å²) in [6.07, 6.45) is 2.25. The molecule has 3 nitrogen and oxygen atoms in total. The summed E-state index contributed by atoms with van der Waals surface area (Å²) in [5.41, 5.74) is 2.25. The highest BCUT2D eigenvalue weighted by molar-refractivity contribution is 5.95. The fourth-order valence-electron chi connectivity index (χ4n) is 2.82. The first kappa shape index (κ1) is 12.7. The van der Waals surface area contributed by atoms with Gasteiger partial charge in [-0.3, -0.25) is 4.79 Å². The van der Waals surface area contributed by atoms with Gasteiger partial charge in [0.15, 0.2) is 0 Å². The van der Waals surface area contributed by atoms with Crippen LogP contribution in [0.15, 0.2) is 24.3 Å². The van der Waals surface area contributed by atoms with Crippen LogP contribution >= 0.6 is 0 Å². The van der Waals surface area contributed by atoms with E-state index in [0.717, 1.165) is 18.0 Å². The first-order valence-electron chi connectivity index (χ1n) is 7.11. The molecule has 0 spiro atoms. The topological polar surface area (TPSA) is 41.1 Å². The van der Waals surface area contributed by atoms with Gasteiger partial charge in [-0.2, -0.15) is 0 Å². The monoisotopic (exact) mass is 258 g/mol. The highest BCUT2D eigenvalue weighted by atomic mass is 16.2. The molecule has 3 atom stereocenters. The van der Waals surface area contributed by atoms with Gasteiger partial charge < -0.3 is 10.6 Å². The first-order chi connectivity index (χ1) is 8.93. The number of carbonyl (C=O) groups excluding carboxylic acids is 1. The average molecular weight is 258 g/mol. The summed E-state index contributed by atoms with van der Waals surface area (Å²) in [5.74, 6) is 0.856. The van der Waals surface area contributed by atoms with E-state index in [0.29, 0.717) is 6.04 Å². The van der Waals surface area contributed by atoms with E-state index in [1.165, 1.54) is 12.0 Å². The third-order valence-corrected chi connectivity index (χ3v) is 4.19. The largest absolute Gasteiger partial charge is 0.325 e. The van der Waals surface area contributed by atoms with Gasteiger partial charge in [0.05, 0.1) is 6.04 Å². The van der Waals surface area contributed by atoms with Crippen molar-refractivity contribution in [2.24, 2.45) is 5.92 Å². The molecule has 1 amide bonds. The third-order valence-electron chi connectivity index (χ3n) is 4.19. The second kappa shape index (κ2) is 4.34. The molecule has 1 aromatic carbocycles. The van der Waals surface area contributed by atoms with Crippen molar-refractivity contribution in [3.8, 4) is 0 Å². The number of rotatable bonds is 2. The summed E-state index contributed by atoms with van der Waals surface area (Å²) >= 11 is 0. The molecule has 2 aliphatic rings. The van der Waals surface area contributed by atoms with Crippen LogP contribution in [-0.4, -0.2) is 18.0 Å². The van der Waals surface area contributed by atoms with E-state index in [2.05, 4.69) is 43.5 Å². The Morgan fingerprint density at radius 3 is 2.74 bits per heavy atom. The Kier molecular flexibility index (Phi) is 2.90. The molecule has 0 aromatic heterocycles. The molecule has 1 saturated heterocycles. The molecule has 2 fully saturated rings. The van der Waals surface area contributed by atoms with Crippen molar-refractivity contribution in [3.05, 3.63) is 29.8 Å². The molecule has 19 heavy (non-hydrogen) atoms. The Labute approximate surface area is 114 Å². The summed E-state index contributed by atoms with van der Waals surface area (Å²) in [4.78, 5) is 12.2. The molecular weight excluding hydrogens is 236 g/mol. The summed E-state index contributed by atoms with van der Waals surface area (Å²) in [7, 11) is 0. The van der Waals surface area contributed by atoms with Gasteiger partial charge in [0.25, 0.3) is 0 Å². The molecule has 3 heteroatoms. The Morgan fingerprint density at radius 2 is 2.11 bits per heavy atom. The fraction of sp³-hybridized carbons (Fsp3) is 0.562. The lowest BCUT2D eigenvalue weighted by molar-refractivity contribution is -0.118. The highest BCUT2D eigenvalue weighted by Crippen LogP contribution is 2.40. The van der Waals surface area contributed by atoms with Gasteiger partial charge in [0.2, 0.25) is 5.91 Å². The maximum Gasteiger partial charge on any atom is 0.241 e. The van der Waals surface area contributed by atoms with Crippen molar-refractivity contribution in [3.63, 3.8) is 0 Å². The lowest BCUT2D eigenvalue weighted by Gasteiger charge is -2.20. The van der Waals surface area contributed by atoms with Gasteiger partial charge in [-0.1, -0.05) is 32.9 Å². The van der Waals surface area contributed by atoms with Crippen molar-refractivity contribution in [2.45, 2.75) is 51.1 Å².